The minimum absolute atomic E-state index is 0.102. The molecule has 2 N–H and O–H groups in total. The van der Waals surface area contributed by atoms with Crippen LogP contribution in [0.5, 0.6) is 0 Å². The molecule has 4 nitrogen and oxygen atoms in total. The quantitative estimate of drug-likeness (QED) is 0.888. The fourth-order valence-corrected chi connectivity index (χ4v) is 2.99. The third kappa shape index (κ3) is 2.94. The van der Waals surface area contributed by atoms with E-state index in [1.54, 1.807) is 0 Å². The molecule has 2 rings (SSSR count). The third-order valence-corrected chi connectivity index (χ3v) is 4.37. The number of pyridine rings is 1. The first-order valence-electron chi connectivity index (χ1n) is 7.27. The Labute approximate surface area is 120 Å². The summed E-state index contributed by atoms with van der Waals surface area (Å²) in [7, 11) is 0. The van der Waals surface area contributed by atoms with Crippen LogP contribution < -0.4 is 5.32 Å². The summed E-state index contributed by atoms with van der Waals surface area (Å²) in [5, 5.41) is 22.6. The van der Waals surface area contributed by atoms with Crippen molar-refractivity contribution in [3.05, 3.63) is 23.0 Å². The van der Waals surface area contributed by atoms with Gasteiger partial charge >= 0.3 is 0 Å². The SMILES string of the molecule is Cc1cc(NC2(CO)CCC(C)CC2)c(C#N)c(C)n1. The fourth-order valence-electron chi connectivity index (χ4n) is 2.99. The minimum Gasteiger partial charge on any atom is -0.394 e. The molecule has 0 radical (unpaired) electrons. The van der Waals surface area contributed by atoms with E-state index in [0.717, 1.165) is 42.8 Å². The molecule has 1 heterocycles. The number of aromatic nitrogens is 1. The molecular formula is C16H23N3O. The van der Waals surface area contributed by atoms with E-state index < -0.39 is 0 Å². The molecule has 1 saturated carbocycles. The normalized spacial score (nSPS) is 26.1. The molecule has 0 aliphatic heterocycles. The average molecular weight is 273 g/mol. The van der Waals surface area contributed by atoms with Gasteiger partial charge in [-0.15, -0.1) is 0 Å². The predicted octanol–water partition coefficient (Wildman–Crippen LogP) is 2.92. The van der Waals surface area contributed by atoms with Gasteiger partial charge in [0.25, 0.3) is 0 Å². The van der Waals surface area contributed by atoms with Gasteiger partial charge in [-0.3, -0.25) is 4.98 Å². The maximum absolute atomic E-state index is 9.83. The summed E-state index contributed by atoms with van der Waals surface area (Å²) < 4.78 is 0. The zero-order valence-electron chi connectivity index (χ0n) is 12.5. The Kier molecular flexibility index (Phi) is 4.29. The highest BCUT2D eigenvalue weighted by atomic mass is 16.3. The Morgan fingerprint density at radius 1 is 1.45 bits per heavy atom. The van der Waals surface area contributed by atoms with Crippen LogP contribution in [0.15, 0.2) is 6.07 Å². The van der Waals surface area contributed by atoms with Gasteiger partial charge in [0.15, 0.2) is 0 Å². The Bertz CT molecular complexity index is 525. The monoisotopic (exact) mass is 273 g/mol. The van der Waals surface area contributed by atoms with Crippen molar-refractivity contribution in [2.75, 3.05) is 11.9 Å². The zero-order chi connectivity index (χ0) is 14.8. The number of anilines is 1. The number of aliphatic hydroxyl groups is 1. The van der Waals surface area contributed by atoms with Crippen molar-refractivity contribution in [2.24, 2.45) is 5.92 Å². The van der Waals surface area contributed by atoms with Gasteiger partial charge < -0.3 is 10.4 Å². The molecule has 4 heteroatoms. The zero-order valence-corrected chi connectivity index (χ0v) is 12.5. The van der Waals surface area contributed by atoms with Crippen LogP contribution in [0.4, 0.5) is 5.69 Å². The molecule has 1 aromatic rings. The number of hydrogen-bond acceptors (Lipinski definition) is 4. The standard InChI is InChI=1S/C16H23N3O/c1-11-4-6-16(10-20,7-5-11)19-15-8-12(2)18-13(3)14(15)9-17/h8,11,20H,4-7,10H2,1-3H3,(H,18,19). The lowest BCUT2D eigenvalue weighted by Gasteiger charge is -2.39. The number of nitrogens with zero attached hydrogens (tertiary/aromatic N) is 2. The van der Waals surface area contributed by atoms with Gasteiger partial charge in [-0.25, -0.2) is 0 Å². The minimum atomic E-state index is -0.293. The highest BCUT2D eigenvalue weighted by Crippen LogP contribution is 2.35. The van der Waals surface area contributed by atoms with Crippen molar-refractivity contribution in [3.8, 4) is 6.07 Å². The summed E-state index contributed by atoms with van der Waals surface area (Å²) in [5.41, 5.74) is 2.73. The van der Waals surface area contributed by atoms with Crippen LogP contribution in [0.2, 0.25) is 0 Å². The molecule has 0 unspecified atom stereocenters. The van der Waals surface area contributed by atoms with Gasteiger partial charge in [0.2, 0.25) is 0 Å². The van der Waals surface area contributed by atoms with Crippen molar-refractivity contribution in [2.45, 2.75) is 52.0 Å². The molecule has 1 aromatic heterocycles. The van der Waals surface area contributed by atoms with E-state index in [1.807, 2.05) is 19.9 Å². The molecule has 1 aliphatic rings. The van der Waals surface area contributed by atoms with Crippen molar-refractivity contribution in [1.82, 2.24) is 4.98 Å². The summed E-state index contributed by atoms with van der Waals surface area (Å²) in [6.45, 7) is 6.13. The number of hydrogen-bond donors (Lipinski definition) is 2. The van der Waals surface area contributed by atoms with E-state index in [4.69, 9.17) is 0 Å². The molecule has 0 amide bonds. The molecule has 0 spiro atoms. The number of nitrogens with one attached hydrogen (secondary N) is 1. The van der Waals surface area contributed by atoms with Crippen LogP contribution in [0.3, 0.4) is 0 Å². The van der Waals surface area contributed by atoms with Crippen molar-refractivity contribution >= 4 is 5.69 Å². The first-order valence-corrected chi connectivity index (χ1v) is 7.27. The van der Waals surface area contributed by atoms with E-state index in [2.05, 4.69) is 23.3 Å². The van der Waals surface area contributed by atoms with Crippen molar-refractivity contribution < 1.29 is 5.11 Å². The lowest BCUT2D eigenvalue weighted by molar-refractivity contribution is 0.155. The molecule has 1 fully saturated rings. The topological polar surface area (TPSA) is 68.9 Å². The highest BCUT2D eigenvalue weighted by Gasteiger charge is 2.34. The number of aliphatic hydroxyl groups excluding tert-OH is 1. The molecule has 20 heavy (non-hydrogen) atoms. The third-order valence-electron chi connectivity index (χ3n) is 4.37. The van der Waals surface area contributed by atoms with E-state index in [0.29, 0.717) is 11.5 Å². The lowest BCUT2D eigenvalue weighted by Crippen LogP contribution is -2.45. The lowest BCUT2D eigenvalue weighted by atomic mass is 9.77. The first kappa shape index (κ1) is 14.8. The number of nitriles is 1. The molecular weight excluding hydrogens is 250 g/mol. The Morgan fingerprint density at radius 3 is 2.65 bits per heavy atom. The molecule has 0 bridgehead atoms. The van der Waals surface area contributed by atoms with Crippen molar-refractivity contribution in [3.63, 3.8) is 0 Å². The Balaban J connectivity index is 2.31. The Hall–Kier alpha value is -1.60. The van der Waals surface area contributed by atoms with E-state index in [9.17, 15) is 10.4 Å². The molecule has 1 aliphatic carbocycles. The van der Waals surface area contributed by atoms with E-state index in [1.165, 1.54) is 0 Å². The van der Waals surface area contributed by atoms with Gasteiger partial charge in [0.05, 0.1) is 29.1 Å². The first-order chi connectivity index (χ1) is 9.49. The van der Waals surface area contributed by atoms with Crippen molar-refractivity contribution in [1.29, 1.82) is 5.26 Å². The summed E-state index contributed by atoms with van der Waals surface area (Å²) in [6.07, 6.45) is 4.10. The smallest absolute Gasteiger partial charge is 0.103 e. The second kappa shape index (κ2) is 5.80. The van der Waals surface area contributed by atoms with Gasteiger partial charge in [-0.05, 0) is 51.5 Å². The van der Waals surface area contributed by atoms with Crippen LogP contribution in [0.1, 0.15) is 49.6 Å². The van der Waals surface area contributed by atoms with Crippen LogP contribution in [0, 0.1) is 31.1 Å². The van der Waals surface area contributed by atoms with Gasteiger partial charge in [-0.2, -0.15) is 5.26 Å². The average Bonchev–Trinajstić information content (AvgIpc) is 2.41. The second-order valence-electron chi connectivity index (χ2n) is 6.13. The van der Waals surface area contributed by atoms with Gasteiger partial charge in [-0.1, -0.05) is 6.92 Å². The predicted molar refractivity (Wildman–Crippen MR) is 79.5 cm³/mol. The second-order valence-corrected chi connectivity index (χ2v) is 6.13. The molecule has 0 atom stereocenters. The van der Waals surface area contributed by atoms with E-state index in [-0.39, 0.29) is 12.1 Å². The fraction of sp³-hybridized carbons (Fsp3) is 0.625. The number of aryl methyl sites for hydroxylation is 2. The molecule has 0 aromatic carbocycles. The largest absolute Gasteiger partial charge is 0.394 e. The molecule has 108 valence electrons. The summed E-state index contributed by atoms with van der Waals surface area (Å²) in [4.78, 5) is 4.33. The Morgan fingerprint density at radius 2 is 2.10 bits per heavy atom. The summed E-state index contributed by atoms with van der Waals surface area (Å²) in [6, 6.07) is 4.13. The number of rotatable bonds is 3. The van der Waals surface area contributed by atoms with Gasteiger partial charge in [0.1, 0.15) is 6.07 Å². The molecule has 0 saturated heterocycles. The highest BCUT2D eigenvalue weighted by molar-refractivity contribution is 5.61. The van der Waals surface area contributed by atoms with Crippen LogP contribution in [-0.4, -0.2) is 22.2 Å². The maximum atomic E-state index is 9.83. The van der Waals surface area contributed by atoms with Crippen LogP contribution >= 0.6 is 0 Å². The summed E-state index contributed by atoms with van der Waals surface area (Å²) in [5.74, 6) is 0.716. The maximum Gasteiger partial charge on any atom is 0.103 e. The summed E-state index contributed by atoms with van der Waals surface area (Å²) >= 11 is 0. The van der Waals surface area contributed by atoms with Gasteiger partial charge in [0, 0.05) is 5.69 Å². The van der Waals surface area contributed by atoms with Crippen LogP contribution in [0.25, 0.3) is 0 Å². The van der Waals surface area contributed by atoms with Crippen LogP contribution in [-0.2, 0) is 0 Å². The van der Waals surface area contributed by atoms with E-state index >= 15 is 0 Å².